The fraction of sp³-hybridized carbons (Fsp3) is 0.442. The van der Waals surface area contributed by atoms with Crippen LogP contribution < -0.4 is 14.9 Å². The number of aromatic nitrogens is 6. The average molecular weight is 975 g/mol. The first-order chi connectivity index (χ1) is 31.3. The lowest BCUT2D eigenvalue weighted by Crippen LogP contribution is -2.73. The zero-order chi connectivity index (χ0) is 47.9. The molecule has 10 rings (SSSR count). The number of nitrogens with one attached hydrogen (secondary N) is 2. The third-order valence-electron chi connectivity index (χ3n) is 12.4. The van der Waals surface area contributed by atoms with Gasteiger partial charge in [-0.3, -0.25) is 18.9 Å². The van der Waals surface area contributed by atoms with Crippen molar-refractivity contribution in [3.05, 3.63) is 82.3 Å². The lowest BCUT2D eigenvalue weighted by atomic mass is 9.73. The molecule has 0 bridgehead atoms. The lowest BCUT2D eigenvalue weighted by molar-refractivity contribution is -0.142. The van der Waals surface area contributed by atoms with E-state index in [4.69, 9.17) is 14.7 Å². The first kappa shape index (κ1) is 44.8. The van der Waals surface area contributed by atoms with Gasteiger partial charge < -0.3 is 19.9 Å². The van der Waals surface area contributed by atoms with Gasteiger partial charge in [-0.05, 0) is 69.4 Å². The average Bonchev–Trinajstić information content (AvgIpc) is 3.44. The van der Waals surface area contributed by atoms with E-state index in [1.165, 1.54) is 16.0 Å². The van der Waals surface area contributed by atoms with Crippen molar-refractivity contribution in [2.75, 3.05) is 42.1 Å². The predicted octanol–water partition coefficient (Wildman–Crippen LogP) is 7.48. The summed E-state index contributed by atoms with van der Waals surface area (Å²) in [5.74, 6) is -9.03. The maximum absolute atomic E-state index is 15.6. The van der Waals surface area contributed by atoms with E-state index < -0.39 is 92.7 Å². The number of likely N-dealkylation sites (tertiary alicyclic amines) is 1. The van der Waals surface area contributed by atoms with E-state index in [1.54, 1.807) is 57.0 Å². The zero-order valence-corrected chi connectivity index (χ0v) is 37.9. The molecule has 24 heteroatoms. The highest BCUT2D eigenvalue weighted by Gasteiger charge is 2.68. The van der Waals surface area contributed by atoms with Crippen LogP contribution in [0.3, 0.4) is 0 Å². The molecule has 6 heterocycles. The van der Waals surface area contributed by atoms with E-state index in [9.17, 15) is 40.0 Å². The summed E-state index contributed by atoms with van der Waals surface area (Å²) in [6.45, 7) is 6.40. The summed E-state index contributed by atoms with van der Waals surface area (Å²) in [5.41, 5.74) is -2.50. The van der Waals surface area contributed by atoms with Crippen molar-refractivity contribution in [2.45, 2.75) is 69.8 Å². The molecule has 67 heavy (non-hydrogen) atoms. The minimum atomic E-state index is -5.08. The molecule has 0 radical (unpaired) electrons. The predicted molar refractivity (Wildman–Crippen MR) is 231 cm³/mol. The summed E-state index contributed by atoms with van der Waals surface area (Å²) < 4.78 is 138. The lowest BCUT2D eigenvalue weighted by Gasteiger charge is -2.59. The summed E-state index contributed by atoms with van der Waals surface area (Å²) in [7, 11) is -2.23. The Bertz CT molecular complexity index is 3150. The number of nitrogens with zero attached hydrogens (tertiary/aromatic N) is 8. The second-order valence-electron chi connectivity index (χ2n) is 18.9. The number of hydrogen-bond donors (Lipinski definition) is 2. The molecule has 1 spiro atoms. The third kappa shape index (κ3) is 8.07. The molecule has 6 aromatic rings. The number of carbonyl (C=O) groups is 2. The number of anilines is 2. The first-order valence-corrected chi connectivity index (χ1v) is 23.8. The van der Waals surface area contributed by atoms with Crippen molar-refractivity contribution in [1.29, 1.82) is 0 Å². The highest BCUT2D eigenvalue weighted by molar-refractivity contribution is 7.92. The molecule has 354 valence electrons. The summed E-state index contributed by atoms with van der Waals surface area (Å²) in [6.07, 6.45) is -5.03. The van der Waals surface area contributed by atoms with Gasteiger partial charge in [-0.25, -0.2) is 27.0 Å². The Labute approximate surface area is 381 Å². The molecule has 4 aromatic heterocycles. The van der Waals surface area contributed by atoms with Gasteiger partial charge in [0.1, 0.15) is 29.5 Å². The number of ether oxygens (including phenoxy) is 1. The SMILES string of the molecule is Cn1nc(NS(C)(=O)=O)c2cccc(-c3cc4sc(N5CC6(CN(C(=O)OC(C)(C)C)C6)C5)nc4nc3[C@H](Cc3cc(F)cc(F)c3)NC(=O)Cn3nc(C(F)(F)F)c4c3C(F)(F)[C@@H]3C[C@H]43)c21. The number of carbonyl (C=O) groups excluding carboxylic acids is 2. The maximum Gasteiger partial charge on any atom is 0.435 e. The van der Waals surface area contributed by atoms with Gasteiger partial charge in [-0.1, -0.05) is 23.5 Å². The number of rotatable bonds is 10. The molecule has 15 nitrogen and oxygen atoms in total. The molecule has 4 aliphatic rings. The standard InChI is InChI=1S/C43H41F7N10O5S2/c1-40(2,3)65-39(62)59-18-41(19-59)16-58(17-41)38-53-37-29(66-38)14-25(23-7-6-8-24-33(23)57(4)55-36(24)56-67(5,63)64)32(52-37)28(11-20-9-21(44)12-22(45)10-20)51-30(61)15-60-35-31(34(54-60)43(48,49)50)26-13-27(26)42(35,46)47/h6-10,12,14,26-28H,11,13,15-19H2,1-5H3,(H,51,61)(H,55,56)/t26-,27+,28-/m0/s1. The first-order valence-electron chi connectivity index (χ1n) is 21.0. The Morgan fingerprint density at radius 1 is 0.985 bits per heavy atom. The topological polar surface area (TPSA) is 169 Å². The molecule has 3 atom stereocenters. The molecule has 2 saturated heterocycles. The Hall–Kier alpha value is -6.04. The Kier molecular flexibility index (Phi) is 10.0. The molecule has 2 aliphatic carbocycles. The minimum absolute atomic E-state index is 0.00460. The summed E-state index contributed by atoms with van der Waals surface area (Å²) in [4.78, 5) is 40.3. The number of amides is 2. The van der Waals surface area contributed by atoms with Crippen LogP contribution >= 0.6 is 11.3 Å². The molecule has 2 amide bonds. The quantitative estimate of drug-likeness (QED) is 0.131. The van der Waals surface area contributed by atoms with Gasteiger partial charge in [0.15, 0.2) is 22.3 Å². The number of sulfonamides is 1. The number of pyridine rings is 1. The van der Waals surface area contributed by atoms with Crippen molar-refractivity contribution >= 4 is 65.6 Å². The van der Waals surface area contributed by atoms with Gasteiger partial charge in [-0.15, -0.1) is 0 Å². The summed E-state index contributed by atoms with van der Waals surface area (Å²) >= 11 is 1.30. The highest BCUT2D eigenvalue weighted by atomic mass is 32.2. The number of alkyl halides is 5. The van der Waals surface area contributed by atoms with E-state index in [1.807, 2.05) is 4.90 Å². The second-order valence-corrected chi connectivity index (χ2v) is 21.7. The van der Waals surface area contributed by atoms with Crippen molar-refractivity contribution in [3.63, 3.8) is 0 Å². The van der Waals surface area contributed by atoms with E-state index >= 15 is 8.78 Å². The number of halogens is 7. The normalized spacial score (nSPS) is 19.8. The largest absolute Gasteiger partial charge is 0.444 e. The third-order valence-corrected chi connectivity index (χ3v) is 14.0. The van der Waals surface area contributed by atoms with Crippen molar-refractivity contribution < 1.29 is 53.5 Å². The van der Waals surface area contributed by atoms with Crippen molar-refractivity contribution in [2.24, 2.45) is 18.4 Å². The van der Waals surface area contributed by atoms with Crippen LogP contribution in [0.15, 0.2) is 42.5 Å². The highest BCUT2D eigenvalue weighted by Crippen LogP contribution is 2.68. The van der Waals surface area contributed by atoms with Crippen LogP contribution in [0.4, 0.5) is 46.5 Å². The molecule has 2 N–H and O–H groups in total. The molecular formula is C43H41F7N10O5S2. The van der Waals surface area contributed by atoms with Crippen LogP contribution in [0.5, 0.6) is 0 Å². The van der Waals surface area contributed by atoms with Crippen molar-refractivity contribution in [1.82, 2.24) is 39.7 Å². The van der Waals surface area contributed by atoms with Crippen LogP contribution in [0.1, 0.15) is 67.4 Å². The maximum atomic E-state index is 15.6. The van der Waals surface area contributed by atoms with Crippen LogP contribution in [0.2, 0.25) is 0 Å². The van der Waals surface area contributed by atoms with Crippen LogP contribution in [-0.2, 0) is 51.7 Å². The number of benzene rings is 2. The smallest absolute Gasteiger partial charge is 0.435 e. The van der Waals surface area contributed by atoms with E-state index in [2.05, 4.69) is 20.2 Å². The molecule has 2 aliphatic heterocycles. The Morgan fingerprint density at radius 2 is 1.69 bits per heavy atom. The Balaban J connectivity index is 1.06. The molecule has 0 unspecified atom stereocenters. The van der Waals surface area contributed by atoms with Crippen molar-refractivity contribution in [3.8, 4) is 11.1 Å². The van der Waals surface area contributed by atoms with Crippen LogP contribution in [-0.4, -0.2) is 92.9 Å². The molecule has 2 aromatic carbocycles. The Morgan fingerprint density at radius 3 is 2.34 bits per heavy atom. The van der Waals surface area contributed by atoms with Crippen LogP contribution in [0, 0.1) is 23.0 Å². The van der Waals surface area contributed by atoms with Gasteiger partial charge >= 0.3 is 12.3 Å². The van der Waals surface area contributed by atoms with Gasteiger partial charge in [0.2, 0.25) is 15.9 Å². The monoisotopic (exact) mass is 974 g/mol. The van der Waals surface area contributed by atoms with E-state index in [0.717, 1.165) is 18.4 Å². The minimum Gasteiger partial charge on any atom is -0.444 e. The summed E-state index contributed by atoms with van der Waals surface area (Å²) in [5, 5.41) is 11.6. The number of aryl methyl sites for hydroxylation is 1. The van der Waals surface area contributed by atoms with Gasteiger partial charge in [0.25, 0.3) is 5.92 Å². The molecule has 1 saturated carbocycles. The fourth-order valence-electron chi connectivity index (χ4n) is 9.76. The second kappa shape index (κ2) is 15.0. The van der Waals surface area contributed by atoms with Crippen LogP contribution in [0.25, 0.3) is 32.4 Å². The summed E-state index contributed by atoms with van der Waals surface area (Å²) in [6, 6.07) is 8.04. The number of thiazole rings is 1. The zero-order valence-electron chi connectivity index (χ0n) is 36.3. The number of para-hydroxylation sites is 1. The van der Waals surface area contributed by atoms with Gasteiger partial charge in [-0.2, -0.15) is 37.1 Å². The van der Waals surface area contributed by atoms with E-state index in [0.29, 0.717) is 68.8 Å². The molecular weight excluding hydrogens is 934 g/mol. The fourth-order valence-corrected chi connectivity index (χ4v) is 11.2. The van der Waals surface area contributed by atoms with Gasteiger partial charge in [0, 0.05) is 72.7 Å². The number of fused-ring (bicyclic) bond motifs is 5. The molecule has 3 fully saturated rings. The van der Waals surface area contributed by atoms with Gasteiger partial charge in [0.05, 0.1) is 28.2 Å². The number of hydrogen-bond acceptors (Lipinski definition) is 11. The van der Waals surface area contributed by atoms with E-state index in [-0.39, 0.29) is 41.0 Å².